The molecule has 1 atom stereocenters. The predicted molar refractivity (Wildman–Crippen MR) is 93.6 cm³/mol. The topological polar surface area (TPSA) is 108 Å². The number of carbonyl (C=O) groups is 1. The Morgan fingerprint density at radius 3 is 1.93 bits per heavy atom. The fourth-order valence-electron chi connectivity index (χ4n) is 1.96. The fraction of sp³-hybridized carbons (Fsp3) is 0.150. The molecule has 0 aliphatic carbocycles. The molecule has 0 spiro atoms. The van der Waals surface area contributed by atoms with Crippen molar-refractivity contribution >= 4 is 12.2 Å². The first-order valence-corrected chi connectivity index (χ1v) is 7.16. The molecule has 8 heteroatoms. The Morgan fingerprint density at radius 2 is 1.43 bits per heavy atom. The standard InChI is InChI=1S/C17H17NO3.3CO.Cr/c1-20-15-11-7-6-10-14(15)12-18-16(17(19)21-2)13-8-4-3-5-9-13;3*1-2;/h3-12,16H,1-2H3;;;;/t16-;;;;/m0..../s1. The number of methoxy groups -OCH3 is 2. The smallest absolute Gasteiger partial charge is 0 e. The van der Waals surface area contributed by atoms with Gasteiger partial charge in [0.2, 0.25) is 0 Å². The number of carbonyl (C=O) groups excluding carboxylic acids is 1. The van der Waals surface area contributed by atoms with Crippen LogP contribution in [0.3, 0.4) is 0 Å². The molecule has 0 amide bonds. The summed E-state index contributed by atoms with van der Waals surface area (Å²) in [6, 6.07) is 16.1. The molecule has 0 radical (unpaired) electrons. The van der Waals surface area contributed by atoms with Crippen molar-refractivity contribution in [2.45, 2.75) is 6.04 Å². The minimum Gasteiger partial charge on any atom is 0 e. The van der Waals surface area contributed by atoms with Crippen molar-refractivity contribution < 1.29 is 45.6 Å². The molecular formula is C20H17CrNO6. The van der Waals surface area contributed by atoms with Crippen molar-refractivity contribution in [2.24, 2.45) is 4.99 Å². The summed E-state index contributed by atoms with van der Waals surface area (Å²) < 4.78 is 32.6. The first kappa shape index (κ1) is 29.9. The maximum atomic E-state index is 11.9. The van der Waals surface area contributed by atoms with Crippen LogP contribution in [0.4, 0.5) is 0 Å². The summed E-state index contributed by atoms with van der Waals surface area (Å²) in [6.07, 6.45) is 1.63. The van der Waals surface area contributed by atoms with E-state index in [0.29, 0.717) is 5.75 Å². The zero-order valence-corrected chi connectivity index (χ0v) is 16.4. The molecule has 28 heavy (non-hydrogen) atoms. The van der Waals surface area contributed by atoms with Gasteiger partial charge < -0.3 is 9.47 Å². The summed E-state index contributed by atoms with van der Waals surface area (Å²) in [6.45, 7) is 13.5. The molecule has 2 rings (SSSR count). The fourth-order valence-corrected chi connectivity index (χ4v) is 1.96. The summed E-state index contributed by atoms with van der Waals surface area (Å²) >= 11 is 0. The van der Waals surface area contributed by atoms with Gasteiger partial charge in [0.25, 0.3) is 0 Å². The van der Waals surface area contributed by atoms with E-state index in [1.807, 2.05) is 54.6 Å². The van der Waals surface area contributed by atoms with Crippen LogP contribution in [0, 0.1) is 20.0 Å². The van der Waals surface area contributed by atoms with Gasteiger partial charge in [0.1, 0.15) is 5.75 Å². The number of para-hydroxylation sites is 1. The molecule has 2 aromatic carbocycles. The van der Waals surface area contributed by atoms with Gasteiger partial charge in [0.05, 0.1) is 14.2 Å². The van der Waals surface area contributed by atoms with Gasteiger partial charge in [-0.25, -0.2) is 4.79 Å². The Bertz CT molecular complexity index is 742. The second kappa shape index (κ2) is 20.4. The minimum atomic E-state index is -0.680. The molecule has 0 heterocycles. The number of benzene rings is 2. The predicted octanol–water partition coefficient (Wildman–Crippen LogP) is 2.91. The van der Waals surface area contributed by atoms with Gasteiger partial charge in [0, 0.05) is 29.1 Å². The summed E-state index contributed by atoms with van der Waals surface area (Å²) in [5.74, 6) is 0.310. The molecular weight excluding hydrogens is 402 g/mol. The molecule has 0 aliphatic rings. The molecule has 0 fully saturated rings. The molecule has 2 aromatic rings. The van der Waals surface area contributed by atoms with E-state index in [1.54, 1.807) is 13.3 Å². The zero-order valence-electron chi connectivity index (χ0n) is 15.2. The monoisotopic (exact) mass is 419 g/mol. The number of rotatable bonds is 5. The largest absolute Gasteiger partial charge is 0 e. The van der Waals surface area contributed by atoms with Gasteiger partial charge in [0.15, 0.2) is 6.04 Å². The van der Waals surface area contributed by atoms with Gasteiger partial charge in [-0.15, -0.1) is 0 Å². The van der Waals surface area contributed by atoms with Gasteiger partial charge in [-0.3, -0.25) is 4.99 Å². The van der Waals surface area contributed by atoms with Crippen LogP contribution in [0.1, 0.15) is 17.2 Å². The maximum Gasteiger partial charge on any atom is 0 e. The van der Waals surface area contributed by atoms with Gasteiger partial charge >= 0.3 is 39.9 Å². The van der Waals surface area contributed by atoms with E-state index in [2.05, 4.69) is 24.9 Å². The molecule has 0 aromatic heterocycles. The van der Waals surface area contributed by atoms with Crippen LogP contribution in [0.2, 0.25) is 0 Å². The number of nitrogens with zero attached hydrogens (tertiary/aromatic N) is 1. The average molecular weight is 419 g/mol. The Balaban J connectivity index is -0.000000815. The number of esters is 1. The van der Waals surface area contributed by atoms with Crippen LogP contribution in [-0.4, -0.2) is 26.4 Å². The molecule has 0 saturated carbocycles. The van der Waals surface area contributed by atoms with E-state index in [1.165, 1.54) is 7.11 Å². The van der Waals surface area contributed by atoms with Crippen molar-refractivity contribution in [3.8, 4) is 5.75 Å². The van der Waals surface area contributed by atoms with Crippen LogP contribution in [0.15, 0.2) is 59.6 Å². The zero-order chi connectivity index (χ0) is 21.1. The molecule has 0 bridgehead atoms. The normalized spacial score (nSPS) is 9.29. The molecule has 0 saturated heterocycles. The molecule has 0 unspecified atom stereocenters. The summed E-state index contributed by atoms with van der Waals surface area (Å²) in [7, 11) is 2.96. The van der Waals surface area contributed by atoms with Crippen LogP contribution >= 0.6 is 0 Å². The Hall–Kier alpha value is -2.87. The number of hydrogen-bond acceptors (Lipinski definition) is 4. The molecule has 0 aliphatic heterocycles. The summed E-state index contributed by atoms with van der Waals surface area (Å²) in [5.41, 5.74) is 1.60. The van der Waals surface area contributed by atoms with E-state index < -0.39 is 12.0 Å². The van der Waals surface area contributed by atoms with Crippen LogP contribution in [0.5, 0.6) is 5.75 Å². The van der Waals surface area contributed by atoms with Crippen LogP contribution < -0.4 is 4.74 Å². The number of ether oxygens (including phenoxy) is 2. The van der Waals surface area contributed by atoms with Gasteiger partial charge in [-0.05, 0) is 17.7 Å². The van der Waals surface area contributed by atoms with E-state index in [4.69, 9.17) is 23.4 Å². The van der Waals surface area contributed by atoms with E-state index in [0.717, 1.165) is 11.1 Å². The number of aliphatic imine (C=N–C) groups is 1. The summed E-state index contributed by atoms with van der Waals surface area (Å²) in [4.78, 5) is 16.3. The van der Waals surface area contributed by atoms with Crippen LogP contribution in [0.25, 0.3) is 0 Å². The quantitative estimate of drug-likeness (QED) is 0.322. The molecule has 144 valence electrons. The third kappa shape index (κ3) is 10.3. The van der Waals surface area contributed by atoms with Crippen molar-refractivity contribution in [3.05, 3.63) is 85.7 Å². The second-order valence-electron chi connectivity index (χ2n) is 4.36. The van der Waals surface area contributed by atoms with Crippen LogP contribution in [-0.2, 0) is 40.8 Å². The van der Waals surface area contributed by atoms with Crippen molar-refractivity contribution in [3.63, 3.8) is 0 Å². The van der Waals surface area contributed by atoms with Crippen molar-refractivity contribution in [2.75, 3.05) is 14.2 Å². The Kier molecular flexibility index (Phi) is 21.8. The molecule has 7 nitrogen and oxygen atoms in total. The first-order valence-electron chi connectivity index (χ1n) is 7.16. The maximum absolute atomic E-state index is 11.9. The Morgan fingerprint density at radius 1 is 0.929 bits per heavy atom. The minimum absolute atomic E-state index is 0. The Labute approximate surface area is 174 Å². The third-order valence-electron chi connectivity index (χ3n) is 3.04. The average Bonchev–Trinajstić information content (AvgIpc) is 2.78. The van der Waals surface area contributed by atoms with E-state index in [9.17, 15) is 4.79 Å². The third-order valence-corrected chi connectivity index (χ3v) is 3.04. The summed E-state index contributed by atoms with van der Waals surface area (Å²) in [5, 5.41) is 0. The number of hydrogen-bond donors (Lipinski definition) is 0. The SMILES string of the molecule is COC(=O)[C@@H](N=Cc1ccccc1OC)c1ccccc1.[C-]#[O+].[C-]#[O+].[C-]#[O+].[Cr]. The van der Waals surface area contributed by atoms with Crippen molar-refractivity contribution in [1.29, 1.82) is 0 Å². The second-order valence-corrected chi connectivity index (χ2v) is 4.36. The van der Waals surface area contributed by atoms with E-state index in [-0.39, 0.29) is 17.4 Å². The van der Waals surface area contributed by atoms with Gasteiger partial charge in [-0.2, -0.15) is 0 Å². The van der Waals surface area contributed by atoms with Gasteiger partial charge in [-0.1, -0.05) is 42.5 Å². The first-order chi connectivity index (χ1) is 13.3. The van der Waals surface area contributed by atoms with E-state index >= 15 is 0 Å². The molecule has 0 N–H and O–H groups in total. The van der Waals surface area contributed by atoms with Crippen molar-refractivity contribution in [1.82, 2.24) is 0 Å².